The van der Waals surface area contributed by atoms with Crippen LogP contribution in [0.4, 0.5) is 5.69 Å². The number of rotatable bonds is 4. The predicted octanol–water partition coefficient (Wildman–Crippen LogP) is 6.31. The lowest BCUT2D eigenvalue weighted by Gasteiger charge is -2.19. The first kappa shape index (κ1) is 18.8. The van der Waals surface area contributed by atoms with Crippen LogP contribution in [0.25, 0.3) is 0 Å². The monoisotopic (exact) mass is 412 g/mol. The van der Waals surface area contributed by atoms with Crippen molar-refractivity contribution in [1.82, 2.24) is 4.98 Å². The van der Waals surface area contributed by atoms with E-state index in [9.17, 15) is 4.79 Å². The highest BCUT2D eigenvalue weighted by Gasteiger charge is 2.15. The van der Waals surface area contributed by atoms with E-state index in [1.807, 2.05) is 12.1 Å². The molecule has 28 heavy (non-hydrogen) atoms. The number of halogens is 2. The van der Waals surface area contributed by atoms with E-state index in [2.05, 4.69) is 16.4 Å². The Kier molecular flexibility index (Phi) is 5.51. The number of pyridine rings is 1. The number of nitrogens with one attached hydrogen (secondary N) is 1. The second kappa shape index (κ2) is 8.21. The van der Waals surface area contributed by atoms with Crippen molar-refractivity contribution in [2.45, 2.75) is 25.7 Å². The van der Waals surface area contributed by atoms with Gasteiger partial charge >= 0.3 is 0 Å². The number of aromatic nitrogens is 1. The second-order valence-electron chi connectivity index (χ2n) is 6.67. The average molecular weight is 413 g/mol. The summed E-state index contributed by atoms with van der Waals surface area (Å²) < 4.78 is 5.99. The van der Waals surface area contributed by atoms with Gasteiger partial charge in [0.05, 0.1) is 21.9 Å². The molecule has 6 heteroatoms. The molecule has 0 unspecified atom stereocenters. The molecule has 2 aromatic carbocycles. The summed E-state index contributed by atoms with van der Waals surface area (Å²) in [6.45, 7) is 0. The Labute approximate surface area is 173 Å². The number of benzene rings is 2. The number of carbonyl (C=O) groups excluding carboxylic acids is 1. The van der Waals surface area contributed by atoms with Crippen LogP contribution in [-0.4, -0.2) is 10.9 Å². The molecule has 0 spiro atoms. The Morgan fingerprint density at radius 1 is 1.00 bits per heavy atom. The molecule has 1 aromatic heterocycles. The minimum atomic E-state index is -0.286. The Balaban J connectivity index is 1.46. The van der Waals surface area contributed by atoms with Gasteiger partial charge in [0, 0.05) is 11.6 Å². The number of anilines is 1. The standard InChI is InChI=1S/C22H18Cl2N2O2/c23-18-10-8-15(12-19(18)24)22(27)26-16-9-11-21(25-13-16)28-20-7-3-5-14-4-1-2-6-17(14)20/h3,5,7-13H,1-2,4,6H2,(H,26,27). The van der Waals surface area contributed by atoms with Gasteiger partial charge in [-0.15, -0.1) is 0 Å². The van der Waals surface area contributed by atoms with Crippen LogP contribution < -0.4 is 10.1 Å². The molecule has 1 heterocycles. The van der Waals surface area contributed by atoms with E-state index in [0.29, 0.717) is 27.2 Å². The van der Waals surface area contributed by atoms with Crippen LogP contribution in [0.15, 0.2) is 54.7 Å². The molecule has 1 amide bonds. The molecule has 3 aromatic rings. The summed E-state index contributed by atoms with van der Waals surface area (Å²) >= 11 is 11.9. The van der Waals surface area contributed by atoms with Crippen molar-refractivity contribution < 1.29 is 9.53 Å². The Hall–Kier alpha value is -2.56. The summed E-state index contributed by atoms with van der Waals surface area (Å²) in [6, 6.07) is 14.4. The van der Waals surface area contributed by atoms with Gasteiger partial charge in [-0.1, -0.05) is 35.3 Å². The van der Waals surface area contributed by atoms with Crippen LogP contribution in [0.1, 0.15) is 34.3 Å². The normalized spacial score (nSPS) is 12.9. The highest BCUT2D eigenvalue weighted by Crippen LogP contribution is 2.32. The third-order valence-corrected chi connectivity index (χ3v) is 5.48. The van der Waals surface area contributed by atoms with Crippen molar-refractivity contribution >= 4 is 34.8 Å². The first-order valence-electron chi connectivity index (χ1n) is 9.11. The van der Waals surface area contributed by atoms with Crippen LogP contribution in [-0.2, 0) is 12.8 Å². The predicted molar refractivity (Wildman–Crippen MR) is 112 cm³/mol. The number of aryl methyl sites for hydroxylation is 1. The zero-order chi connectivity index (χ0) is 19.5. The number of carbonyl (C=O) groups is 1. The van der Waals surface area contributed by atoms with E-state index in [1.54, 1.807) is 30.5 Å². The number of amides is 1. The molecule has 0 saturated carbocycles. The molecule has 0 fully saturated rings. The lowest BCUT2D eigenvalue weighted by Crippen LogP contribution is -2.12. The Bertz CT molecular complexity index is 1020. The molecule has 0 aliphatic heterocycles. The minimum Gasteiger partial charge on any atom is -0.439 e. The van der Waals surface area contributed by atoms with Gasteiger partial charge in [0.25, 0.3) is 5.91 Å². The molecule has 1 N–H and O–H groups in total. The van der Waals surface area contributed by atoms with Crippen molar-refractivity contribution in [2.24, 2.45) is 0 Å². The third kappa shape index (κ3) is 4.13. The summed E-state index contributed by atoms with van der Waals surface area (Å²) in [5, 5.41) is 3.53. The van der Waals surface area contributed by atoms with Gasteiger partial charge in [-0.2, -0.15) is 0 Å². The van der Waals surface area contributed by atoms with E-state index < -0.39 is 0 Å². The average Bonchev–Trinajstić information content (AvgIpc) is 2.72. The smallest absolute Gasteiger partial charge is 0.255 e. The van der Waals surface area contributed by atoms with Crippen molar-refractivity contribution in [2.75, 3.05) is 5.32 Å². The van der Waals surface area contributed by atoms with Crippen LogP contribution in [0.3, 0.4) is 0 Å². The molecule has 1 aliphatic rings. The van der Waals surface area contributed by atoms with Crippen LogP contribution in [0, 0.1) is 0 Å². The molecule has 0 bridgehead atoms. The Morgan fingerprint density at radius 2 is 1.86 bits per heavy atom. The molecule has 4 rings (SSSR count). The molecule has 0 atom stereocenters. The van der Waals surface area contributed by atoms with Crippen molar-refractivity contribution in [3.05, 3.63) is 81.5 Å². The van der Waals surface area contributed by atoms with Gasteiger partial charge in [0.2, 0.25) is 5.88 Å². The maximum Gasteiger partial charge on any atom is 0.255 e. The SMILES string of the molecule is O=C(Nc1ccc(Oc2cccc3c2CCCC3)nc1)c1ccc(Cl)c(Cl)c1. The number of fused-ring (bicyclic) bond motifs is 1. The van der Waals surface area contributed by atoms with Crippen molar-refractivity contribution in [1.29, 1.82) is 0 Å². The summed E-state index contributed by atoms with van der Waals surface area (Å²) in [5.41, 5.74) is 3.62. The quantitative estimate of drug-likeness (QED) is 0.545. The molecule has 142 valence electrons. The molecular weight excluding hydrogens is 395 g/mol. The van der Waals surface area contributed by atoms with Crippen molar-refractivity contribution in [3.63, 3.8) is 0 Å². The van der Waals surface area contributed by atoms with Gasteiger partial charge in [-0.3, -0.25) is 4.79 Å². The first-order chi connectivity index (χ1) is 13.6. The van der Waals surface area contributed by atoms with Gasteiger partial charge in [-0.05, 0) is 67.1 Å². The van der Waals surface area contributed by atoms with E-state index in [0.717, 1.165) is 18.6 Å². The number of nitrogens with zero attached hydrogens (tertiary/aromatic N) is 1. The van der Waals surface area contributed by atoms with E-state index in [1.165, 1.54) is 30.0 Å². The zero-order valence-corrected chi connectivity index (χ0v) is 16.6. The van der Waals surface area contributed by atoms with E-state index >= 15 is 0 Å². The second-order valence-corrected chi connectivity index (χ2v) is 7.49. The number of hydrogen-bond donors (Lipinski definition) is 1. The largest absolute Gasteiger partial charge is 0.439 e. The summed E-state index contributed by atoms with van der Waals surface area (Å²) in [5.74, 6) is 1.06. The zero-order valence-electron chi connectivity index (χ0n) is 15.0. The molecule has 1 aliphatic carbocycles. The lowest BCUT2D eigenvalue weighted by atomic mass is 9.91. The summed E-state index contributed by atoms with van der Waals surface area (Å²) in [4.78, 5) is 16.7. The summed E-state index contributed by atoms with van der Waals surface area (Å²) in [6.07, 6.45) is 6.10. The van der Waals surface area contributed by atoms with Crippen LogP contribution >= 0.6 is 23.2 Å². The summed E-state index contributed by atoms with van der Waals surface area (Å²) in [7, 11) is 0. The molecular formula is C22H18Cl2N2O2. The van der Waals surface area contributed by atoms with E-state index in [-0.39, 0.29) is 5.91 Å². The molecule has 0 saturated heterocycles. The number of ether oxygens (including phenoxy) is 1. The fourth-order valence-corrected chi connectivity index (χ4v) is 3.61. The maximum atomic E-state index is 12.3. The van der Waals surface area contributed by atoms with Gasteiger partial charge in [-0.25, -0.2) is 4.98 Å². The first-order valence-corrected chi connectivity index (χ1v) is 9.87. The van der Waals surface area contributed by atoms with Gasteiger partial charge in [0.1, 0.15) is 5.75 Å². The highest BCUT2D eigenvalue weighted by molar-refractivity contribution is 6.42. The Morgan fingerprint density at radius 3 is 2.64 bits per heavy atom. The highest BCUT2D eigenvalue weighted by atomic mass is 35.5. The topological polar surface area (TPSA) is 51.2 Å². The molecule has 4 nitrogen and oxygen atoms in total. The maximum absolute atomic E-state index is 12.3. The van der Waals surface area contributed by atoms with Crippen LogP contribution in [0.5, 0.6) is 11.6 Å². The van der Waals surface area contributed by atoms with Gasteiger partial charge < -0.3 is 10.1 Å². The lowest BCUT2D eigenvalue weighted by molar-refractivity contribution is 0.102. The van der Waals surface area contributed by atoms with Crippen molar-refractivity contribution in [3.8, 4) is 11.6 Å². The van der Waals surface area contributed by atoms with E-state index in [4.69, 9.17) is 27.9 Å². The van der Waals surface area contributed by atoms with Gasteiger partial charge in [0.15, 0.2) is 0 Å². The fourth-order valence-electron chi connectivity index (χ4n) is 3.31. The third-order valence-electron chi connectivity index (χ3n) is 4.74. The fraction of sp³-hybridized carbons (Fsp3) is 0.182. The number of hydrogen-bond acceptors (Lipinski definition) is 3. The molecule has 0 radical (unpaired) electrons. The van der Waals surface area contributed by atoms with Crippen LogP contribution in [0.2, 0.25) is 10.0 Å². The minimum absolute atomic E-state index is 0.286.